The number of amides is 2. The van der Waals surface area contributed by atoms with Crippen molar-refractivity contribution in [3.05, 3.63) is 57.5 Å². The summed E-state index contributed by atoms with van der Waals surface area (Å²) in [6, 6.07) is 3.42. The average Bonchev–Trinajstić information content (AvgIpc) is 3.61. The molecule has 0 radical (unpaired) electrons. The van der Waals surface area contributed by atoms with Crippen LogP contribution in [0.2, 0.25) is 0 Å². The molecule has 4 aliphatic carbocycles. The van der Waals surface area contributed by atoms with Crippen molar-refractivity contribution in [1.82, 2.24) is 44.7 Å². The van der Waals surface area contributed by atoms with E-state index in [-0.39, 0.29) is 52.2 Å². The van der Waals surface area contributed by atoms with Crippen LogP contribution in [0.5, 0.6) is 11.6 Å². The van der Waals surface area contributed by atoms with Gasteiger partial charge in [-0.2, -0.15) is 0 Å². The number of aromatic nitrogens is 7. The minimum Gasteiger partial charge on any atom is -0.504 e. The van der Waals surface area contributed by atoms with E-state index in [0.717, 1.165) is 31.4 Å². The zero-order valence-electron chi connectivity index (χ0n) is 28.5. The third-order valence-corrected chi connectivity index (χ3v) is 11.9. The number of hydrogen-bond acceptors (Lipinski definition) is 10. The Morgan fingerprint density at radius 2 is 1.94 bits per heavy atom. The van der Waals surface area contributed by atoms with E-state index in [4.69, 9.17) is 14.9 Å². The number of nitrogens with one attached hydrogen (secondary N) is 1. The highest BCUT2D eigenvalue weighted by molar-refractivity contribution is 5.95. The van der Waals surface area contributed by atoms with Gasteiger partial charge < -0.3 is 24.6 Å². The zero-order valence-corrected chi connectivity index (χ0v) is 28.5. The fourth-order valence-electron chi connectivity index (χ4n) is 9.04. The highest BCUT2D eigenvalue weighted by Crippen LogP contribution is 2.70. The number of fused-ring (bicyclic) bond motifs is 2. The quantitative estimate of drug-likeness (QED) is 0.271. The third-order valence-electron chi connectivity index (χ3n) is 11.9. The lowest BCUT2D eigenvalue weighted by Gasteiger charge is -2.72. The fourth-order valence-corrected chi connectivity index (χ4v) is 9.04. The van der Waals surface area contributed by atoms with Crippen LogP contribution in [0.3, 0.4) is 0 Å². The van der Waals surface area contributed by atoms with E-state index in [1.54, 1.807) is 30.2 Å². The number of likely N-dealkylation sites (tertiary alicyclic amines) is 1. The van der Waals surface area contributed by atoms with Gasteiger partial charge in [0.25, 0.3) is 5.91 Å². The van der Waals surface area contributed by atoms with Crippen LogP contribution in [-0.4, -0.2) is 82.1 Å². The first-order valence-corrected chi connectivity index (χ1v) is 17.1. The Morgan fingerprint density at radius 1 is 1.16 bits per heavy atom. The van der Waals surface area contributed by atoms with Gasteiger partial charge in [-0.05, 0) is 68.8 Å². The first kappa shape index (κ1) is 31.4. The smallest absolute Gasteiger partial charge is 0.276 e. The first-order chi connectivity index (χ1) is 23.4. The standard InChI is InChI=1S/C35H41N9O5/c1-6-23-26(35-8-10-42(13-21(35)12-35)32(48)28-29(46)20(4)37-18-38-28)30(47)27-31(41-44(40-27)22-7-9-36-25(11-22)49-5)43(23)14-24(45)39-34-15-33(16-34,17-34)19(2)3/h7,9,11,18-19,21,46H,6,8,10,12-17H2,1-5H3,(H,39,45)/t21-,33?,34?,35+/m1/s1. The summed E-state index contributed by atoms with van der Waals surface area (Å²) in [5.41, 5.74) is 2.42. The summed E-state index contributed by atoms with van der Waals surface area (Å²) in [6.07, 6.45) is 7.66. The molecule has 2 bridgehead atoms. The number of hydrogen-bond donors (Lipinski definition) is 2. The zero-order chi connectivity index (χ0) is 34.5. The number of nitrogens with zero attached hydrogens (tertiary/aromatic N) is 8. The van der Waals surface area contributed by atoms with Gasteiger partial charge in [-0.15, -0.1) is 15.0 Å². The molecule has 5 fully saturated rings. The highest BCUT2D eigenvalue weighted by atomic mass is 16.5. The topological polar surface area (TPSA) is 170 Å². The van der Waals surface area contributed by atoms with Gasteiger partial charge >= 0.3 is 0 Å². The van der Waals surface area contributed by atoms with Gasteiger partial charge in [0.1, 0.15) is 12.9 Å². The SMILES string of the molecule is CCc1c([C@]23CCN(C(=O)c4ncnc(C)c4O)C[C@H]2C3)c(=O)c2nn(-c3ccnc(OC)c3)nc2n1CC(=O)NC12CC(C(C)C)(C1)C2. The Labute approximate surface area is 282 Å². The Bertz CT molecular complexity index is 2080. The number of aromatic hydroxyl groups is 1. The van der Waals surface area contributed by atoms with E-state index in [0.29, 0.717) is 65.7 Å². The minimum absolute atomic E-state index is 0.0133. The lowest BCUT2D eigenvalue weighted by Crippen LogP contribution is -2.76. The maximum atomic E-state index is 14.6. The maximum Gasteiger partial charge on any atom is 0.276 e. The molecule has 14 heteroatoms. The summed E-state index contributed by atoms with van der Waals surface area (Å²) in [7, 11) is 1.53. The normalized spacial score (nSPS) is 26.6. The summed E-state index contributed by atoms with van der Waals surface area (Å²) >= 11 is 0. The molecule has 2 N–H and O–H groups in total. The minimum atomic E-state index is -0.462. The van der Waals surface area contributed by atoms with Crippen molar-refractivity contribution in [2.45, 2.75) is 83.7 Å². The Balaban J connectivity index is 1.16. The summed E-state index contributed by atoms with van der Waals surface area (Å²) in [5.74, 6) is 0.325. The molecule has 256 valence electrons. The second kappa shape index (κ2) is 10.8. The molecular weight excluding hydrogens is 626 g/mol. The molecule has 49 heavy (non-hydrogen) atoms. The van der Waals surface area contributed by atoms with Crippen molar-refractivity contribution in [3.8, 4) is 17.3 Å². The molecule has 0 aromatic carbocycles. The van der Waals surface area contributed by atoms with Crippen LogP contribution >= 0.6 is 0 Å². The van der Waals surface area contributed by atoms with Crippen molar-refractivity contribution < 1.29 is 19.4 Å². The Morgan fingerprint density at radius 3 is 2.63 bits per heavy atom. The number of rotatable bonds is 9. The van der Waals surface area contributed by atoms with Crippen LogP contribution in [0, 0.1) is 24.2 Å². The number of carbonyl (C=O) groups is 2. The molecule has 2 amide bonds. The van der Waals surface area contributed by atoms with Gasteiger partial charge in [0, 0.05) is 47.6 Å². The summed E-state index contributed by atoms with van der Waals surface area (Å²) < 4.78 is 7.19. The van der Waals surface area contributed by atoms with Crippen molar-refractivity contribution in [2.75, 3.05) is 20.2 Å². The molecule has 0 spiro atoms. The van der Waals surface area contributed by atoms with Gasteiger partial charge in [-0.25, -0.2) is 15.0 Å². The van der Waals surface area contributed by atoms with Crippen LogP contribution < -0.4 is 15.5 Å². The van der Waals surface area contributed by atoms with E-state index < -0.39 is 5.41 Å². The van der Waals surface area contributed by atoms with Crippen molar-refractivity contribution >= 4 is 23.0 Å². The molecule has 9 rings (SSSR count). The van der Waals surface area contributed by atoms with Crippen LogP contribution in [0.1, 0.15) is 80.3 Å². The van der Waals surface area contributed by atoms with Crippen LogP contribution in [0.25, 0.3) is 16.9 Å². The number of piperidine rings is 1. The largest absolute Gasteiger partial charge is 0.504 e. The monoisotopic (exact) mass is 667 g/mol. The second-order valence-corrected chi connectivity index (χ2v) is 14.9. The molecule has 4 aromatic rings. The van der Waals surface area contributed by atoms with Crippen LogP contribution in [0.4, 0.5) is 0 Å². The number of methoxy groups -OCH3 is 1. The van der Waals surface area contributed by atoms with E-state index >= 15 is 0 Å². The van der Waals surface area contributed by atoms with Crippen LogP contribution in [0.15, 0.2) is 29.5 Å². The first-order valence-electron chi connectivity index (χ1n) is 17.1. The highest BCUT2D eigenvalue weighted by Gasteiger charge is 2.69. The summed E-state index contributed by atoms with van der Waals surface area (Å²) in [4.78, 5) is 57.1. The molecule has 4 saturated carbocycles. The maximum absolute atomic E-state index is 14.6. The molecule has 0 unspecified atom stereocenters. The van der Waals surface area contributed by atoms with E-state index in [2.05, 4.69) is 34.1 Å². The molecule has 1 aliphatic heterocycles. The van der Waals surface area contributed by atoms with Crippen molar-refractivity contribution in [2.24, 2.45) is 17.3 Å². The van der Waals surface area contributed by atoms with Crippen LogP contribution in [-0.2, 0) is 23.2 Å². The van der Waals surface area contributed by atoms with E-state index in [9.17, 15) is 19.5 Å². The Kier molecular flexibility index (Phi) is 6.93. The lowest BCUT2D eigenvalue weighted by atomic mass is 9.36. The number of aryl methyl sites for hydroxylation is 1. The number of ether oxygens (including phenoxy) is 1. The Hall–Kier alpha value is -4.88. The molecule has 5 aliphatic rings. The molecule has 14 nitrogen and oxygen atoms in total. The molecule has 4 aromatic heterocycles. The molecule has 2 atom stereocenters. The number of pyridine rings is 2. The third kappa shape index (κ3) is 4.66. The van der Waals surface area contributed by atoms with E-state index in [1.807, 2.05) is 11.5 Å². The lowest BCUT2D eigenvalue weighted by molar-refractivity contribution is -0.187. The van der Waals surface area contributed by atoms with Gasteiger partial charge in [0.2, 0.25) is 17.2 Å². The predicted octanol–water partition coefficient (Wildman–Crippen LogP) is 2.85. The number of carbonyl (C=O) groups excluding carboxylic acids is 2. The van der Waals surface area contributed by atoms with Gasteiger partial charge in [0.05, 0.1) is 18.5 Å². The van der Waals surface area contributed by atoms with Crippen molar-refractivity contribution in [3.63, 3.8) is 0 Å². The van der Waals surface area contributed by atoms with Gasteiger partial charge in [-0.1, -0.05) is 20.8 Å². The summed E-state index contributed by atoms with van der Waals surface area (Å²) in [5, 5.41) is 23.3. The average molecular weight is 668 g/mol. The molecule has 5 heterocycles. The van der Waals surface area contributed by atoms with Gasteiger partial charge in [-0.3, -0.25) is 14.4 Å². The van der Waals surface area contributed by atoms with E-state index in [1.165, 1.54) is 18.2 Å². The summed E-state index contributed by atoms with van der Waals surface area (Å²) in [6.45, 7) is 8.96. The van der Waals surface area contributed by atoms with Crippen molar-refractivity contribution in [1.29, 1.82) is 0 Å². The molecular formula is C35H41N9O5. The fraction of sp³-hybridized carbons (Fsp3) is 0.543. The second-order valence-electron chi connectivity index (χ2n) is 14.9. The molecule has 1 saturated heterocycles. The predicted molar refractivity (Wildman–Crippen MR) is 178 cm³/mol. The van der Waals surface area contributed by atoms with Gasteiger partial charge in [0.15, 0.2) is 22.6 Å².